The molecule has 0 atom stereocenters. The number of amides is 1. The van der Waals surface area contributed by atoms with Crippen molar-refractivity contribution in [2.24, 2.45) is 0 Å². The SMILES string of the molecule is CCC(C)(C)NC(=O)CN(C)CC(C)(C)O. The minimum atomic E-state index is -0.769. The Morgan fingerprint density at radius 3 is 2.19 bits per heavy atom. The fourth-order valence-electron chi connectivity index (χ4n) is 1.47. The van der Waals surface area contributed by atoms with Gasteiger partial charge in [0.25, 0.3) is 0 Å². The molecule has 96 valence electrons. The number of carbonyl (C=O) groups excluding carboxylic acids is 1. The Kier molecular flexibility index (Phi) is 5.42. The molecule has 0 aliphatic heterocycles. The Hall–Kier alpha value is -0.610. The average molecular weight is 230 g/mol. The Balaban J connectivity index is 4.06. The molecule has 0 heterocycles. The number of nitrogens with one attached hydrogen (secondary N) is 1. The van der Waals surface area contributed by atoms with Gasteiger partial charge < -0.3 is 10.4 Å². The van der Waals surface area contributed by atoms with Crippen molar-refractivity contribution in [3.05, 3.63) is 0 Å². The van der Waals surface area contributed by atoms with Gasteiger partial charge in [-0.05, 0) is 41.2 Å². The first kappa shape index (κ1) is 15.4. The van der Waals surface area contributed by atoms with E-state index < -0.39 is 5.60 Å². The Morgan fingerprint density at radius 1 is 1.31 bits per heavy atom. The summed E-state index contributed by atoms with van der Waals surface area (Å²) in [6.07, 6.45) is 0.897. The molecule has 0 radical (unpaired) electrons. The fourth-order valence-corrected chi connectivity index (χ4v) is 1.47. The number of hydrogen-bond donors (Lipinski definition) is 2. The van der Waals surface area contributed by atoms with Crippen molar-refractivity contribution in [2.75, 3.05) is 20.1 Å². The molecule has 0 rings (SSSR count). The van der Waals surface area contributed by atoms with Crippen molar-refractivity contribution in [3.63, 3.8) is 0 Å². The monoisotopic (exact) mass is 230 g/mol. The van der Waals surface area contributed by atoms with Crippen LogP contribution >= 0.6 is 0 Å². The van der Waals surface area contributed by atoms with E-state index in [0.29, 0.717) is 13.1 Å². The van der Waals surface area contributed by atoms with E-state index in [1.807, 2.05) is 32.7 Å². The maximum Gasteiger partial charge on any atom is 0.234 e. The van der Waals surface area contributed by atoms with E-state index in [0.717, 1.165) is 6.42 Å². The Labute approximate surface area is 99.0 Å². The van der Waals surface area contributed by atoms with Crippen molar-refractivity contribution >= 4 is 5.91 Å². The molecular formula is C12H26N2O2. The molecule has 0 aromatic heterocycles. The number of carbonyl (C=O) groups is 1. The van der Waals surface area contributed by atoms with E-state index in [2.05, 4.69) is 5.32 Å². The van der Waals surface area contributed by atoms with Crippen LogP contribution in [0, 0.1) is 0 Å². The van der Waals surface area contributed by atoms with Gasteiger partial charge in [0.05, 0.1) is 12.1 Å². The third kappa shape index (κ3) is 7.65. The summed E-state index contributed by atoms with van der Waals surface area (Å²) in [6, 6.07) is 0. The molecule has 0 unspecified atom stereocenters. The molecule has 2 N–H and O–H groups in total. The molecule has 0 saturated heterocycles. The smallest absolute Gasteiger partial charge is 0.234 e. The highest BCUT2D eigenvalue weighted by Gasteiger charge is 2.21. The highest BCUT2D eigenvalue weighted by atomic mass is 16.3. The van der Waals surface area contributed by atoms with E-state index >= 15 is 0 Å². The van der Waals surface area contributed by atoms with Gasteiger partial charge in [0.1, 0.15) is 0 Å². The van der Waals surface area contributed by atoms with Gasteiger partial charge in [-0.3, -0.25) is 9.69 Å². The normalized spacial score (nSPS) is 13.0. The minimum Gasteiger partial charge on any atom is -0.389 e. The van der Waals surface area contributed by atoms with Crippen molar-refractivity contribution in [2.45, 2.75) is 52.2 Å². The van der Waals surface area contributed by atoms with Gasteiger partial charge in [-0.2, -0.15) is 0 Å². The number of likely N-dealkylation sites (N-methyl/N-ethyl adjacent to an activating group) is 1. The van der Waals surface area contributed by atoms with Crippen molar-refractivity contribution < 1.29 is 9.90 Å². The summed E-state index contributed by atoms with van der Waals surface area (Å²) in [5.74, 6) is -0.00130. The van der Waals surface area contributed by atoms with Gasteiger partial charge in [0.15, 0.2) is 0 Å². The van der Waals surface area contributed by atoms with Crippen LogP contribution in [0.3, 0.4) is 0 Å². The molecule has 0 bridgehead atoms. The molecule has 4 nitrogen and oxygen atoms in total. The molecule has 0 aromatic rings. The van der Waals surface area contributed by atoms with Crippen LogP contribution in [0.2, 0.25) is 0 Å². The standard InChI is InChI=1S/C12H26N2O2/c1-7-11(2,3)13-10(15)8-14(6)9-12(4,5)16/h16H,7-9H2,1-6H3,(H,13,15). The summed E-state index contributed by atoms with van der Waals surface area (Å²) in [7, 11) is 1.83. The zero-order valence-electron chi connectivity index (χ0n) is 11.4. The first-order valence-electron chi connectivity index (χ1n) is 5.78. The van der Waals surface area contributed by atoms with Gasteiger partial charge in [-0.25, -0.2) is 0 Å². The second-order valence-electron chi connectivity index (χ2n) is 5.77. The largest absolute Gasteiger partial charge is 0.389 e. The summed E-state index contributed by atoms with van der Waals surface area (Å²) in [6.45, 7) is 10.3. The second-order valence-corrected chi connectivity index (χ2v) is 5.77. The van der Waals surface area contributed by atoms with Crippen LogP contribution in [0.1, 0.15) is 41.0 Å². The molecule has 0 aliphatic carbocycles. The molecule has 4 heteroatoms. The number of nitrogens with zero attached hydrogens (tertiary/aromatic N) is 1. The molecule has 0 aliphatic rings. The molecule has 1 amide bonds. The molecule has 0 saturated carbocycles. The van der Waals surface area contributed by atoms with Crippen molar-refractivity contribution in [3.8, 4) is 0 Å². The molecule has 0 aromatic carbocycles. The van der Waals surface area contributed by atoms with Gasteiger partial charge in [0.2, 0.25) is 5.91 Å². The lowest BCUT2D eigenvalue weighted by Gasteiger charge is -2.28. The average Bonchev–Trinajstić information content (AvgIpc) is 1.98. The molecule has 16 heavy (non-hydrogen) atoms. The predicted octanol–water partition coefficient (Wildman–Crippen LogP) is 0.994. The highest BCUT2D eigenvalue weighted by molar-refractivity contribution is 5.78. The van der Waals surface area contributed by atoms with Crippen molar-refractivity contribution in [1.82, 2.24) is 10.2 Å². The lowest BCUT2D eigenvalue weighted by molar-refractivity contribution is -0.124. The lowest BCUT2D eigenvalue weighted by atomic mass is 10.0. The summed E-state index contributed by atoms with van der Waals surface area (Å²) >= 11 is 0. The van der Waals surface area contributed by atoms with Crippen LogP contribution in [0.25, 0.3) is 0 Å². The summed E-state index contributed by atoms with van der Waals surface area (Å²) in [5, 5.41) is 12.6. The zero-order chi connectivity index (χ0) is 13.0. The molecule has 0 fully saturated rings. The second kappa shape index (κ2) is 5.64. The van der Waals surface area contributed by atoms with Crippen LogP contribution in [0.4, 0.5) is 0 Å². The Morgan fingerprint density at radius 2 is 1.81 bits per heavy atom. The minimum absolute atomic E-state index is 0.00130. The van der Waals surface area contributed by atoms with Gasteiger partial charge >= 0.3 is 0 Å². The summed E-state index contributed by atoms with van der Waals surface area (Å²) in [5.41, 5.74) is -0.929. The third-order valence-corrected chi connectivity index (χ3v) is 2.43. The quantitative estimate of drug-likeness (QED) is 0.715. The van der Waals surface area contributed by atoms with E-state index in [1.54, 1.807) is 13.8 Å². The van der Waals surface area contributed by atoms with Crippen molar-refractivity contribution in [1.29, 1.82) is 0 Å². The Bertz CT molecular complexity index is 232. The first-order chi connectivity index (χ1) is 7.06. The summed E-state index contributed by atoms with van der Waals surface area (Å²) < 4.78 is 0. The molecular weight excluding hydrogens is 204 g/mol. The van der Waals surface area contributed by atoms with E-state index in [4.69, 9.17) is 0 Å². The number of aliphatic hydroxyl groups is 1. The highest BCUT2D eigenvalue weighted by Crippen LogP contribution is 2.07. The molecule has 0 spiro atoms. The lowest BCUT2D eigenvalue weighted by Crippen LogP contribution is -2.48. The van der Waals surface area contributed by atoms with E-state index in [-0.39, 0.29) is 11.4 Å². The fraction of sp³-hybridized carbons (Fsp3) is 0.917. The van der Waals surface area contributed by atoms with E-state index in [9.17, 15) is 9.90 Å². The summed E-state index contributed by atoms with van der Waals surface area (Å²) in [4.78, 5) is 13.5. The van der Waals surface area contributed by atoms with E-state index in [1.165, 1.54) is 0 Å². The van der Waals surface area contributed by atoms with Crippen LogP contribution in [0.15, 0.2) is 0 Å². The first-order valence-corrected chi connectivity index (χ1v) is 5.78. The number of rotatable bonds is 6. The van der Waals surface area contributed by atoms with Crippen LogP contribution < -0.4 is 5.32 Å². The van der Waals surface area contributed by atoms with Crippen LogP contribution in [-0.2, 0) is 4.79 Å². The van der Waals surface area contributed by atoms with Gasteiger partial charge in [0, 0.05) is 12.1 Å². The number of hydrogen-bond acceptors (Lipinski definition) is 3. The maximum absolute atomic E-state index is 11.7. The predicted molar refractivity (Wildman–Crippen MR) is 66.3 cm³/mol. The van der Waals surface area contributed by atoms with Gasteiger partial charge in [-0.15, -0.1) is 0 Å². The maximum atomic E-state index is 11.7. The topological polar surface area (TPSA) is 52.6 Å². The van der Waals surface area contributed by atoms with Crippen LogP contribution in [-0.4, -0.2) is 47.2 Å². The van der Waals surface area contributed by atoms with Gasteiger partial charge in [-0.1, -0.05) is 6.92 Å². The zero-order valence-corrected chi connectivity index (χ0v) is 11.4. The van der Waals surface area contributed by atoms with Crippen LogP contribution in [0.5, 0.6) is 0 Å². The third-order valence-electron chi connectivity index (χ3n) is 2.43.